The van der Waals surface area contributed by atoms with Gasteiger partial charge in [-0.15, -0.1) is 0 Å². The number of nitrogens with zero attached hydrogens (tertiary/aromatic N) is 1. The van der Waals surface area contributed by atoms with Crippen LogP contribution in [0.25, 0.3) is 0 Å². The largest absolute Gasteiger partial charge is 0.444 e. The average Bonchev–Trinajstić information content (AvgIpc) is 2.97. The molecule has 1 aliphatic carbocycles. The molecule has 2 aliphatic rings. The van der Waals surface area contributed by atoms with E-state index in [0.717, 1.165) is 37.7 Å². The van der Waals surface area contributed by atoms with Crippen molar-refractivity contribution < 1.29 is 22.1 Å². The third-order valence-corrected chi connectivity index (χ3v) is 6.82. The van der Waals surface area contributed by atoms with Gasteiger partial charge in [-0.1, -0.05) is 30.5 Å². The van der Waals surface area contributed by atoms with E-state index in [2.05, 4.69) is 0 Å². The lowest BCUT2D eigenvalue weighted by atomic mass is 9.85. The summed E-state index contributed by atoms with van der Waals surface area (Å²) in [7, 11) is -3.86. The number of amides is 1. The number of carbonyl (C=O) groups excluding carboxylic acids is 1. The van der Waals surface area contributed by atoms with Crippen molar-refractivity contribution in [2.45, 2.75) is 82.4 Å². The van der Waals surface area contributed by atoms with E-state index in [1.54, 1.807) is 29.2 Å². The Bertz CT molecular complexity index is 797. The standard InChI is InChI=1S/C21H31NO5S/c1-15-9-11-18(12-10-15)28(24,25)26-14-17-13-16-7-5-6-8-19(16)22(17)20(23)27-21(2,3)4/h9-12,16-17,19H,5-8,13-14H2,1-4H3/t16-,17-,19-/m0/s1. The number of hydrogen-bond acceptors (Lipinski definition) is 5. The van der Waals surface area contributed by atoms with Gasteiger partial charge in [-0.2, -0.15) is 8.42 Å². The lowest BCUT2D eigenvalue weighted by Gasteiger charge is -2.35. The fourth-order valence-corrected chi connectivity index (χ4v) is 5.19. The van der Waals surface area contributed by atoms with Crippen LogP contribution < -0.4 is 0 Å². The third kappa shape index (κ3) is 4.87. The van der Waals surface area contributed by atoms with Gasteiger partial charge < -0.3 is 4.74 Å². The molecule has 7 heteroatoms. The van der Waals surface area contributed by atoms with E-state index in [4.69, 9.17) is 8.92 Å². The zero-order chi connectivity index (χ0) is 20.5. The number of carbonyl (C=O) groups is 1. The molecular weight excluding hydrogens is 378 g/mol. The first-order valence-corrected chi connectivity index (χ1v) is 11.4. The van der Waals surface area contributed by atoms with Crippen molar-refractivity contribution >= 4 is 16.2 Å². The van der Waals surface area contributed by atoms with Gasteiger partial charge in [-0.25, -0.2) is 4.79 Å². The Kier molecular flexibility index (Phi) is 6.05. The second-order valence-corrected chi connectivity index (χ2v) is 10.6. The lowest BCUT2D eigenvalue weighted by molar-refractivity contribution is 0.00644. The molecule has 3 rings (SSSR count). The number of hydrogen-bond donors (Lipinski definition) is 0. The predicted octanol–water partition coefficient (Wildman–Crippen LogP) is 4.27. The average molecular weight is 410 g/mol. The van der Waals surface area contributed by atoms with Crippen LogP contribution in [-0.4, -0.2) is 43.7 Å². The van der Waals surface area contributed by atoms with Crippen LogP contribution in [-0.2, 0) is 19.0 Å². The Morgan fingerprint density at radius 1 is 1.14 bits per heavy atom. The molecule has 6 nitrogen and oxygen atoms in total. The van der Waals surface area contributed by atoms with Gasteiger partial charge >= 0.3 is 6.09 Å². The van der Waals surface area contributed by atoms with Crippen molar-refractivity contribution in [2.75, 3.05) is 6.61 Å². The molecule has 1 amide bonds. The first-order valence-electron chi connectivity index (χ1n) is 10.0. The zero-order valence-corrected chi connectivity index (χ0v) is 18.0. The van der Waals surface area contributed by atoms with Gasteiger partial charge in [0.1, 0.15) is 5.60 Å². The van der Waals surface area contributed by atoms with Gasteiger partial charge in [0.05, 0.1) is 17.5 Å². The molecule has 1 aromatic rings. The highest BCUT2D eigenvalue weighted by Crippen LogP contribution is 2.40. The molecule has 1 aliphatic heterocycles. The van der Waals surface area contributed by atoms with Crippen molar-refractivity contribution in [3.8, 4) is 0 Å². The summed E-state index contributed by atoms with van der Waals surface area (Å²) >= 11 is 0. The Morgan fingerprint density at radius 3 is 2.43 bits per heavy atom. The first kappa shape index (κ1) is 21.1. The maximum atomic E-state index is 12.9. The van der Waals surface area contributed by atoms with Gasteiger partial charge in [0.15, 0.2) is 0 Å². The normalized spacial score (nSPS) is 25.4. The van der Waals surface area contributed by atoms with Gasteiger partial charge in [0, 0.05) is 6.04 Å². The summed E-state index contributed by atoms with van der Waals surface area (Å²) in [6, 6.07) is 6.40. The molecule has 1 saturated carbocycles. The fraction of sp³-hybridized carbons (Fsp3) is 0.667. The summed E-state index contributed by atoms with van der Waals surface area (Å²) in [5.74, 6) is 0.386. The van der Waals surface area contributed by atoms with Crippen molar-refractivity contribution in [1.82, 2.24) is 4.90 Å². The number of ether oxygens (including phenoxy) is 1. The van der Waals surface area contributed by atoms with E-state index in [1.165, 1.54) is 0 Å². The highest BCUT2D eigenvalue weighted by Gasteiger charge is 2.46. The molecule has 0 unspecified atom stereocenters. The van der Waals surface area contributed by atoms with Crippen molar-refractivity contribution in [3.05, 3.63) is 29.8 Å². The summed E-state index contributed by atoms with van der Waals surface area (Å²) < 4.78 is 36.1. The Labute approximate surface area is 168 Å². The molecule has 0 spiro atoms. The Morgan fingerprint density at radius 2 is 1.79 bits per heavy atom. The number of benzene rings is 1. The molecule has 156 valence electrons. The summed E-state index contributed by atoms with van der Waals surface area (Å²) in [5, 5.41) is 0. The quantitative estimate of drug-likeness (QED) is 0.695. The van der Waals surface area contributed by atoms with E-state index in [-0.39, 0.29) is 29.7 Å². The molecule has 0 bridgehead atoms. The summed E-state index contributed by atoms with van der Waals surface area (Å²) in [6.07, 6.45) is 4.61. The molecule has 1 saturated heterocycles. The molecule has 0 aromatic heterocycles. The minimum absolute atomic E-state index is 0.0392. The SMILES string of the molecule is Cc1ccc(S(=O)(=O)OC[C@@H]2C[C@@H]3CCCC[C@@H]3N2C(=O)OC(C)(C)C)cc1. The van der Waals surface area contributed by atoms with Crippen LogP contribution in [0.15, 0.2) is 29.2 Å². The molecular formula is C21H31NO5S. The van der Waals surface area contributed by atoms with Crippen molar-refractivity contribution in [3.63, 3.8) is 0 Å². The molecule has 28 heavy (non-hydrogen) atoms. The lowest BCUT2D eigenvalue weighted by Crippen LogP contribution is -2.47. The van der Waals surface area contributed by atoms with E-state index in [9.17, 15) is 13.2 Å². The van der Waals surface area contributed by atoms with E-state index >= 15 is 0 Å². The Balaban J connectivity index is 1.74. The van der Waals surface area contributed by atoms with Crippen LogP contribution in [0, 0.1) is 12.8 Å². The van der Waals surface area contributed by atoms with Gasteiger partial charge in [-0.05, 0) is 65.0 Å². The summed E-state index contributed by atoms with van der Waals surface area (Å²) in [6.45, 7) is 7.38. The van der Waals surface area contributed by atoms with Crippen LogP contribution >= 0.6 is 0 Å². The predicted molar refractivity (Wildman–Crippen MR) is 107 cm³/mol. The molecule has 1 heterocycles. The minimum atomic E-state index is -3.86. The van der Waals surface area contributed by atoms with E-state index in [0.29, 0.717) is 5.92 Å². The van der Waals surface area contributed by atoms with Crippen LogP contribution in [0.3, 0.4) is 0 Å². The molecule has 3 atom stereocenters. The van der Waals surface area contributed by atoms with Gasteiger partial charge in [0.2, 0.25) is 0 Å². The fourth-order valence-electron chi connectivity index (χ4n) is 4.25. The maximum absolute atomic E-state index is 12.9. The topological polar surface area (TPSA) is 72.9 Å². The van der Waals surface area contributed by atoms with Crippen molar-refractivity contribution in [2.24, 2.45) is 5.92 Å². The van der Waals surface area contributed by atoms with Crippen LogP contribution in [0.2, 0.25) is 0 Å². The van der Waals surface area contributed by atoms with Crippen LogP contribution in [0.4, 0.5) is 4.79 Å². The van der Waals surface area contributed by atoms with Crippen LogP contribution in [0.5, 0.6) is 0 Å². The highest BCUT2D eigenvalue weighted by atomic mass is 32.2. The second kappa shape index (κ2) is 8.03. The van der Waals surface area contributed by atoms with Gasteiger partial charge in [0.25, 0.3) is 10.1 Å². The number of aryl methyl sites for hydroxylation is 1. The smallest absolute Gasteiger partial charge is 0.410 e. The molecule has 0 radical (unpaired) electrons. The van der Waals surface area contributed by atoms with Gasteiger partial charge in [-0.3, -0.25) is 9.08 Å². The molecule has 2 fully saturated rings. The first-order chi connectivity index (χ1) is 13.1. The third-order valence-electron chi connectivity index (χ3n) is 5.52. The minimum Gasteiger partial charge on any atom is -0.444 e. The molecule has 0 N–H and O–H groups in total. The zero-order valence-electron chi connectivity index (χ0n) is 17.2. The number of likely N-dealkylation sites (tertiary alicyclic amines) is 1. The summed E-state index contributed by atoms with van der Waals surface area (Å²) in [4.78, 5) is 14.7. The monoisotopic (exact) mass is 409 g/mol. The van der Waals surface area contributed by atoms with Crippen molar-refractivity contribution in [1.29, 1.82) is 0 Å². The van der Waals surface area contributed by atoms with E-state index in [1.807, 2.05) is 27.7 Å². The number of fused-ring (bicyclic) bond motifs is 1. The number of rotatable bonds is 4. The summed E-state index contributed by atoms with van der Waals surface area (Å²) in [5.41, 5.74) is 0.387. The van der Waals surface area contributed by atoms with Crippen LogP contribution in [0.1, 0.15) is 58.4 Å². The van der Waals surface area contributed by atoms with E-state index < -0.39 is 15.7 Å². The molecule has 1 aromatic carbocycles. The maximum Gasteiger partial charge on any atom is 0.410 e. The second-order valence-electron chi connectivity index (χ2n) is 8.94. The highest BCUT2D eigenvalue weighted by molar-refractivity contribution is 7.86. The Hall–Kier alpha value is -1.60.